The Balaban J connectivity index is 2.47. The number of nitrogens with zero attached hydrogens (tertiary/aromatic N) is 1. The maximum absolute atomic E-state index is 12.1. The van der Waals surface area contributed by atoms with E-state index < -0.39 is 0 Å². The minimum Gasteiger partial charge on any atom is -0.491 e. The Morgan fingerprint density at radius 3 is 2.65 bits per heavy atom. The molecule has 1 aromatic heterocycles. The van der Waals surface area contributed by atoms with Crippen molar-refractivity contribution in [1.29, 1.82) is 0 Å². The lowest BCUT2D eigenvalue weighted by Crippen LogP contribution is -2.21. The van der Waals surface area contributed by atoms with Crippen molar-refractivity contribution in [3.63, 3.8) is 0 Å². The van der Waals surface area contributed by atoms with Crippen LogP contribution < -0.4 is 10.3 Å². The third-order valence-electron chi connectivity index (χ3n) is 3.06. The molecule has 0 aliphatic rings. The Hall–Kier alpha value is -1.68. The first-order chi connectivity index (χ1) is 9.52. The maximum Gasteiger partial charge on any atom is 0.254 e. The van der Waals surface area contributed by atoms with Gasteiger partial charge in [-0.05, 0) is 32.0 Å². The van der Waals surface area contributed by atoms with E-state index in [9.17, 15) is 4.79 Å². The second-order valence-corrected chi connectivity index (χ2v) is 5.28. The van der Waals surface area contributed by atoms with Gasteiger partial charge >= 0.3 is 0 Å². The summed E-state index contributed by atoms with van der Waals surface area (Å²) in [4.78, 5) is 12.1. The first kappa shape index (κ1) is 14.7. The zero-order chi connectivity index (χ0) is 14.7. The van der Waals surface area contributed by atoms with Gasteiger partial charge in [-0.15, -0.1) is 0 Å². The summed E-state index contributed by atoms with van der Waals surface area (Å²) in [6.07, 6.45) is 0.126. The van der Waals surface area contributed by atoms with Crippen LogP contribution in [-0.2, 0) is 12.8 Å². The van der Waals surface area contributed by atoms with E-state index in [-0.39, 0.29) is 11.7 Å². The molecule has 4 heteroatoms. The molecular weight excluding hydrogens is 270 g/mol. The molecule has 0 aliphatic heterocycles. The van der Waals surface area contributed by atoms with Crippen LogP contribution >= 0.6 is 12.6 Å². The molecule has 1 heterocycles. The molecule has 0 radical (unpaired) electrons. The van der Waals surface area contributed by atoms with Crippen molar-refractivity contribution < 1.29 is 4.74 Å². The fourth-order valence-corrected chi connectivity index (χ4v) is 2.34. The predicted molar refractivity (Wildman–Crippen MR) is 85.6 cm³/mol. The summed E-state index contributed by atoms with van der Waals surface area (Å²) in [5, 5.41) is 0. The average molecular weight is 289 g/mol. The van der Waals surface area contributed by atoms with Crippen molar-refractivity contribution in [2.75, 3.05) is 0 Å². The van der Waals surface area contributed by atoms with Gasteiger partial charge in [-0.3, -0.25) is 4.79 Å². The van der Waals surface area contributed by atoms with Crippen LogP contribution in [0.3, 0.4) is 0 Å². The van der Waals surface area contributed by atoms with Crippen molar-refractivity contribution in [2.45, 2.75) is 25.7 Å². The highest BCUT2D eigenvalue weighted by Gasteiger charge is 2.08. The molecule has 0 fully saturated rings. The lowest BCUT2D eigenvalue weighted by atomic mass is 10.1. The van der Waals surface area contributed by atoms with Crippen molar-refractivity contribution in [3.8, 4) is 17.0 Å². The fraction of sp³-hybridized carbons (Fsp3) is 0.312. The number of hydrogen-bond donors (Lipinski definition) is 1. The molecule has 2 rings (SSSR count). The Morgan fingerprint density at radius 1 is 1.25 bits per heavy atom. The lowest BCUT2D eigenvalue weighted by molar-refractivity contribution is 0.242. The van der Waals surface area contributed by atoms with E-state index in [1.807, 2.05) is 50.2 Å². The van der Waals surface area contributed by atoms with Gasteiger partial charge in [-0.25, -0.2) is 0 Å². The van der Waals surface area contributed by atoms with E-state index in [1.54, 1.807) is 11.6 Å². The van der Waals surface area contributed by atoms with E-state index in [0.29, 0.717) is 11.3 Å². The number of benzene rings is 1. The molecule has 0 saturated carbocycles. The minimum atomic E-state index is -0.00678. The Kier molecular flexibility index (Phi) is 4.55. The van der Waals surface area contributed by atoms with Gasteiger partial charge in [0.05, 0.1) is 11.8 Å². The van der Waals surface area contributed by atoms with E-state index in [1.165, 1.54) is 0 Å². The second-order valence-electron chi connectivity index (χ2n) is 4.96. The van der Waals surface area contributed by atoms with E-state index in [2.05, 4.69) is 12.6 Å². The predicted octanol–water partition coefficient (Wildman–Crippen LogP) is 3.27. The first-order valence-electron chi connectivity index (χ1n) is 6.59. The van der Waals surface area contributed by atoms with Gasteiger partial charge in [0.25, 0.3) is 5.56 Å². The van der Waals surface area contributed by atoms with Crippen molar-refractivity contribution in [3.05, 3.63) is 52.3 Å². The molecule has 2 aromatic rings. The molecule has 0 atom stereocenters. The largest absolute Gasteiger partial charge is 0.491 e. The normalized spacial score (nSPS) is 10.8. The van der Waals surface area contributed by atoms with Crippen LogP contribution in [0.5, 0.6) is 5.75 Å². The maximum atomic E-state index is 12.1. The molecular formula is C16H19NO2S. The lowest BCUT2D eigenvalue weighted by Gasteiger charge is -2.13. The third-order valence-corrected chi connectivity index (χ3v) is 3.40. The molecule has 0 unspecified atom stereocenters. The second kappa shape index (κ2) is 6.18. The molecule has 1 aromatic carbocycles. The molecule has 106 valence electrons. The summed E-state index contributed by atoms with van der Waals surface area (Å²) in [5.41, 5.74) is 2.53. The SMILES string of the molecule is CC(C)Oc1cccc(-c2ccc(CS)c(=O)n2C)c1. The number of ether oxygens (including phenoxy) is 1. The number of aromatic nitrogens is 1. The number of pyridine rings is 1. The Morgan fingerprint density at radius 2 is 2.00 bits per heavy atom. The monoisotopic (exact) mass is 289 g/mol. The smallest absolute Gasteiger partial charge is 0.254 e. The van der Waals surface area contributed by atoms with Gasteiger partial charge in [0.2, 0.25) is 0 Å². The first-order valence-corrected chi connectivity index (χ1v) is 7.23. The van der Waals surface area contributed by atoms with E-state index >= 15 is 0 Å². The van der Waals surface area contributed by atoms with Crippen molar-refractivity contribution >= 4 is 12.6 Å². The van der Waals surface area contributed by atoms with Gasteiger partial charge in [0.15, 0.2) is 0 Å². The standard InChI is InChI=1S/C16H19NO2S/c1-11(2)19-14-6-4-5-12(9-14)15-8-7-13(10-20)16(18)17(15)3/h4-9,11,20H,10H2,1-3H3. The van der Waals surface area contributed by atoms with Crippen molar-refractivity contribution in [1.82, 2.24) is 4.57 Å². The highest BCUT2D eigenvalue weighted by Crippen LogP contribution is 2.23. The van der Waals surface area contributed by atoms with Gasteiger partial charge in [-0.1, -0.05) is 18.2 Å². The van der Waals surface area contributed by atoms with E-state index in [4.69, 9.17) is 4.74 Å². The number of hydrogen-bond acceptors (Lipinski definition) is 3. The van der Waals surface area contributed by atoms with Crippen molar-refractivity contribution in [2.24, 2.45) is 7.05 Å². The number of thiol groups is 1. The summed E-state index contributed by atoms with van der Waals surface area (Å²) >= 11 is 4.17. The highest BCUT2D eigenvalue weighted by atomic mass is 32.1. The van der Waals surface area contributed by atoms with Crippen LogP contribution in [0.1, 0.15) is 19.4 Å². The van der Waals surface area contributed by atoms with Crippen LogP contribution in [0.15, 0.2) is 41.2 Å². The summed E-state index contributed by atoms with van der Waals surface area (Å²) < 4.78 is 7.34. The van der Waals surface area contributed by atoms with Crippen LogP contribution in [-0.4, -0.2) is 10.7 Å². The zero-order valence-corrected chi connectivity index (χ0v) is 12.9. The van der Waals surface area contributed by atoms with Crippen LogP contribution in [0.25, 0.3) is 11.3 Å². The zero-order valence-electron chi connectivity index (χ0n) is 12.0. The number of rotatable bonds is 4. The quantitative estimate of drug-likeness (QED) is 0.876. The topological polar surface area (TPSA) is 31.2 Å². The Bertz CT molecular complexity index is 662. The average Bonchev–Trinajstić information content (AvgIpc) is 2.41. The van der Waals surface area contributed by atoms with Gasteiger partial charge in [0.1, 0.15) is 5.75 Å². The summed E-state index contributed by atoms with van der Waals surface area (Å²) in [5.74, 6) is 1.26. The molecule has 0 amide bonds. The molecule has 20 heavy (non-hydrogen) atoms. The molecule has 0 aliphatic carbocycles. The van der Waals surface area contributed by atoms with Gasteiger partial charge in [0, 0.05) is 23.9 Å². The molecule has 3 nitrogen and oxygen atoms in total. The van der Waals surface area contributed by atoms with Crippen LogP contribution in [0.2, 0.25) is 0 Å². The van der Waals surface area contributed by atoms with Gasteiger partial charge < -0.3 is 9.30 Å². The third kappa shape index (κ3) is 3.07. The summed E-state index contributed by atoms with van der Waals surface area (Å²) in [7, 11) is 1.78. The van der Waals surface area contributed by atoms with Crippen LogP contribution in [0, 0.1) is 0 Å². The molecule has 0 spiro atoms. The van der Waals surface area contributed by atoms with Gasteiger partial charge in [-0.2, -0.15) is 12.6 Å². The molecule has 0 saturated heterocycles. The summed E-state index contributed by atoms with van der Waals surface area (Å²) in [6.45, 7) is 3.98. The van der Waals surface area contributed by atoms with Crippen LogP contribution in [0.4, 0.5) is 0 Å². The Labute approximate surface area is 124 Å². The van der Waals surface area contributed by atoms with E-state index in [0.717, 1.165) is 17.0 Å². The molecule has 0 bridgehead atoms. The fourth-order valence-electron chi connectivity index (χ4n) is 2.10. The highest BCUT2D eigenvalue weighted by molar-refractivity contribution is 7.79. The minimum absolute atomic E-state index is 0.00678. The molecule has 0 N–H and O–H groups in total. The summed E-state index contributed by atoms with van der Waals surface area (Å²) in [6, 6.07) is 11.6.